The Morgan fingerprint density at radius 3 is 2.67 bits per heavy atom. The molecule has 0 radical (unpaired) electrons. The second kappa shape index (κ2) is 4.47. The molecule has 1 heterocycles. The highest BCUT2D eigenvalue weighted by molar-refractivity contribution is 5.78. The molecule has 1 fully saturated rings. The standard InChI is InChI=1S/C10H21N3O2/c1-10(11,9(14)15)7-13-5-4-8(6-13)12(2)3/h8H,4-7,11H2,1-3H3,(H,14,15). The molecule has 0 aliphatic carbocycles. The zero-order valence-electron chi connectivity index (χ0n) is 9.73. The lowest BCUT2D eigenvalue weighted by Gasteiger charge is -2.26. The summed E-state index contributed by atoms with van der Waals surface area (Å²) in [7, 11) is 4.10. The van der Waals surface area contributed by atoms with Crippen LogP contribution in [0, 0.1) is 0 Å². The molecule has 5 heteroatoms. The largest absolute Gasteiger partial charge is 0.480 e. The molecule has 0 amide bonds. The quantitative estimate of drug-likeness (QED) is 0.657. The van der Waals surface area contributed by atoms with Crippen molar-refractivity contribution in [1.29, 1.82) is 0 Å². The third-order valence-corrected chi connectivity index (χ3v) is 3.02. The normalized spacial score (nSPS) is 26.9. The third-order valence-electron chi connectivity index (χ3n) is 3.02. The van der Waals surface area contributed by atoms with Crippen molar-refractivity contribution in [1.82, 2.24) is 9.80 Å². The number of hydrogen-bond donors (Lipinski definition) is 2. The molecule has 0 bridgehead atoms. The Hall–Kier alpha value is -0.650. The van der Waals surface area contributed by atoms with Crippen molar-refractivity contribution in [2.24, 2.45) is 5.73 Å². The molecule has 0 aromatic carbocycles. The maximum absolute atomic E-state index is 10.9. The Kier molecular flexibility index (Phi) is 3.70. The van der Waals surface area contributed by atoms with Gasteiger partial charge in [-0.1, -0.05) is 0 Å². The van der Waals surface area contributed by atoms with Crippen LogP contribution in [0.15, 0.2) is 0 Å². The van der Waals surface area contributed by atoms with Crippen molar-refractivity contribution in [3.8, 4) is 0 Å². The molecule has 1 aliphatic heterocycles. The van der Waals surface area contributed by atoms with Gasteiger partial charge in [-0.3, -0.25) is 9.69 Å². The van der Waals surface area contributed by atoms with E-state index in [1.54, 1.807) is 6.92 Å². The predicted molar refractivity (Wildman–Crippen MR) is 58.8 cm³/mol. The van der Waals surface area contributed by atoms with Gasteiger partial charge in [-0.05, 0) is 34.0 Å². The summed E-state index contributed by atoms with van der Waals surface area (Å²) in [5, 5.41) is 8.91. The van der Waals surface area contributed by atoms with Crippen LogP contribution < -0.4 is 5.73 Å². The second-order valence-corrected chi connectivity index (χ2v) is 4.86. The minimum absolute atomic E-state index is 0.423. The lowest BCUT2D eigenvalue weighted by atomic mass is 10.0. The van der Waals surface area contributed by atoms with Crippen LogP contribution in [0.4, 0.5) is 0 Å². The minimum Gasteiger partial charge on any atom is -0.480 e. The summed E-state index contributed by atoms with van der Waals surface area (Å²) in [5.41, 5.74) is 4.57. The number of rotatable bonds is 4. The molecule has 1 rings (SSSR count). The van der Waals surface area contributed by atoms with Crippen LogP contribution in [0.3, 0.4) is 0 Å². The van der Waals surface area contributed by atoms with E-state index in [0.29, 0.717) is 12.6 Å². The Labute approximate surface area is 90.8 Å². The first-order chi connectivity index (χ1) is 6.83. The molecule has 0 spiro atoms. The molecule has 1 aliphatic rings. The number of nitrogens with zero attached hydrogens (tertiary/aromatic N) is 2. The van der Waals surface area contributed by atoms with Gasteiger partial charge < -0.3 is 15.7 Å². The number of carbonyl (C=O) groups is 1. The van der Waals surface area contributed by atoms with Gasteiger partial charge in [-0.15, -0.1) is 0 Å². The molecule has 5 nitrogen and oxygen atoms in total. The number of carboxylic acids is 1. The van der Waals surface area contributed by atoms with Gasteiger partial charge >= 0.3 is 5.97 Å². The molecule has 0 saturated carbocycles. The fourth-order valence-corrected chi connectivity index (χ4v) is 1.91. The molecule has 3 N–H and O–H groups in total. The first kappa shape index (κ1) is 12.4. The van der Waals surface area contributed by atoms with E-state index in [9.17, 15) is 4.79 Å². The Balaban J connectivity index is 2.46. The van der Waals surface area contributed by atoms with Gasteiger partial charge in [0.1, 0.15) is 5.54 Å². The minimum atomic E-state index is -1.14. The van der Waals surface area contributed by atoms with Crippen molar-refractivity contribution in [2.45, 2.75) is 24.9 Å². The Morgan fingerprint density at radius 1 is 1.67 bits per heavy atom. The van der Waals surface area contributed by atoms with Gasteiger partial charge in [0.05, 0.1) is 0 Å². The zero-order chi connectivity index (χ0) is 11.6. The van der Waals surface area contributed by atoms with Crippen molar-refractivity contribution >= 4 is 5.97 Å². The first-order valence-electron chi connectivity index (χ1n) is 5.24. The Morgan fingerprint density at radius 2 is 2.27 bits per heavy atom. The SMILES string of the molecule is CN(C)C1CCN(CC(C)(N)C(=O)O)C1. The van der Waals surface area contributed by atoms with E-state index in [2.05, 4.69) is 9.80 Å². The number of nitrogens with two attached hydrogens (primary N) is 1. The number of aliphatic carboxylic acids is 1. The molecule has 88 valence electrons. The van der Waals surface area contributed by atoms with Gasteiger partial charge in [-0.25, -0.2) is 0 Å². The van der Waals surface area contributed by atoms with E-state index in [1.807, 2.05) is 14.1 Å². The summed E-state index contributed by atoms with van der Waals surface area (Å²) in [4.78, 5) is 15.2. The highest BCUT2D eigenvalue weighted by Gasteiger charge is 2.33. The lowest BCUT2D eigenvalue weighted by Crippen LogP contribution is -2.53. The molecule has 0 aromatic rings. The van der Waals surface area contributed by atoms with E-state index < -0.39 is 11.5 Å². The summed E-state index contributed by atoms with van der Waals surface area (Å²) in [6.07, 6.45) is 1.09. The van der Waals surface area contributed by atoms with Crippen LogP contribution in [0.1, 0.15) is 13.3 Å². The highest BCUT2D eigenvalue weighted by atomic mass is 16.4. The van der Waals surface area contributed by atoms with Crippen LogP contribution in [-0.4, -0.2) is 66.2 Å². The van der Waals surface area contributed by atoms with Gasteiger partial charge in [0, 0.05) is 19.1 Å². The van der Waals surface area contributed by atoms with E-state index >= 15 is 0 Å². The summed E-state index contributed by atoms with van der Waals surface area (Å²) < 4.78 is 0. The summed E-state index contributed by atoms with van der Waals surface area (Å²) >= 11 is 0. The molecule has 0 aromatic heterocycles. The van der Waals surface area contributed by atoms with Crippen molar-refractivity contribution in [3.63, 3.8) is 0 Å². The monoisotopic (exact) mass is 215 g/mol. The average molecular weight is 215 g/mol. The average Bonchev–Trinajstić information content (AvgIpc) is 2.51. The maximum Gasteiger partial charge on any atom is 0.324 e. The highest BCUT2D eigenvalue weighted by Crippen LogP contribution is 2.15. The van der Waals surface area contributed by atoms with Gasteiger partial charge in [0.25, 0.3) is 0 Å². The lowest BCUT2D eigenvalue weighted by molar-refractivity contribution is -0.143. The Bertz CT molecular complexity index is 241. The van der Waals surface area contributed by atoms with Gasteiger partial charge in [-0.2, -0.15) is 0 Å². The molecule has 15 heavy (non-hydrogen) atoms. The molecular formula is C10H21N3O2. The topological polar surface area (TPSA) is 69.8 Å². The van der Waals surface area contributed by atoms with Gasteiger partial charge in [0.15, 0.2) is 0 Å². The van der Waals surface area contributed by atoms with Crippen LogP contribution in [0.2, 0.25) is 0 Å². The van der Waals surface area contributed by atoms with Crippen LogP contribution >= 0.6 is 0 Å². The number of hydrogen-bond acceptors (Lipinski definition) is 4. The molecule has 2 atom stereocenters. The van der Waals surface area contributed by atoms with Crippen molar-refractivity contribution < 1.29 is 9.90 Å². The first-order valence-corrected chi connectivity index (χ1v) is 5.24. The second-order valence-electron chi connectivity index (χ2n) is 4.86. The van der Waals surface area contributed by atoms with Crippen LogP contribution in [-0.2, 0) is 4.79 Å². The smallest absolute Gasteiger partial charge is 0.324 e. The fraction of sp³-hybridized carbons (Fsp3) is 0.900. The molecule has 2 unspecified atom stereocenters. The zero-order valence-corrected chi connectivity index (χ0v) is 9.73. The third kappa shape index (κ3) is 3.15. The number of carboxylic acid groups (broad SMARTS) is 1. The number of likely N-dealkylation sites (N-methyl/N-ethyl adjacent to an activating group) is 1. The predicted octanol–water partition coefficient (Wildman–Crippen LogP) is -0.576. The van der Waals surface area contributed by atoms with Crippen molar-refractivity contribution in [2.75, 3.05) is 33.7 Å². The fourth-order valence-electron chi connectivity index (χ4n) is 1.91. The van der Waals surface area contributed by atoms with Crippen LogP contribution in [0.5, 0.6) is 0 Å². The summed E-state index contributed by atoms with van der Waals surface area (Å²) in [6.45, 7) is 3.83. The van der Waals surface area contributed by atoms with E-state index in [-0.39, 0.29) is 0 Å². The van der Waals surface area contributed by atoms with Crippen molar-refractivity contribution in [3.05, 3.63) is 0 Å². The summed E-state index contributed by atoms with van der Waals surface area (Å²) in [6, 6.07) is 0.523. The van der Waals surface area contributed by atoms with E-state index in [0.717, 1.165) is 19.5 Å². The summed E-state index contributed by atoms with van der Waals surface area (Å²) in [5.74, 6) is -0.934. The van der Waals surface area contributed by atoms with E-state index in [4.69, 9.17) is 10.8 Å². The van der Waals surface area contributed by atoms with Gasteiger partial charge in [0.2, 0.25) is 0 Å². The van der Waals surface area contributed by atoms with E-state index in [1.165, 1.54) is 0 Å². The van der Waals surface area contributed by atoms with Crippen LogP contribution in [0.25, 0.3) is 0 Å². The molecular weight excluding hydrogens is 194 g/mol. The maximum atomic E-state index is 10.9. The number of likely N-dealkylation sites (tertiary alicyclic amines) is 1. The molecule has 1 saturated heterocycles.